The Hall–Kier alpha value is -2.71. The number of fused-ring (bicyclic) bond motifs is 1. The molecule has 3 heterocycles. The summed E-state index contributed by atoms with van der Waals surface area (Å²) >= 11 is 1.53. The summed E-state index contributed by atoms with van der Waals surface area (Å²) in [5.74, 6) is 3.24. The quantitative estimate of drug-likeness (QED) is 0.543. The van der Waals surface area contributed by atoms with Crippen molar-refractivity contribution in [3.05, 3.63) is 45.7 Å². The van der Waals surface area contributed by atoms with Gasteiger partial charge in [-0.15, -0.1) is 11.3 Å². The third-order valence-corrected chi connectivity index (χ3v) is 7.84. The van der Waals surface area contributed by atoms with Gasteiger partial charge < -0.3 is 14.4 Å². The maximum atomic E-state index is 13.4. The number of thiophene rings is 1. The van der Waals surface area contributed by atoms with Crippen LogP contribution in [0.5, 0.6) is 11.5 Å². The smallest absolute Gasteiger partial charge is 0.264 e. The molecule has 0 N–H and O–H groups in total. The lowest BCUT2D eigenvalue weighted by atomic mass is 10.1. The molecule has 1 aliphatic carbocycles. The summed E-state index contributed by atoms with van der Waals surface area (Å²) in [6.45, 7) is 7.89. The van der Waals surface area contributed by atoms with Crippen LogP contribution in [-0.2, 0) is 6.54 Å². The van der Waals surface area contributed by atoms with Crippen LogP contribution in [0.25, 0.3) is 10.2 Å². The van der Waals surface area contributed by atoms with Gasteiger partial charge in [-0.3, -0.25) is 9.69 Å². The first-order valence-corrected chi connectivity index (χ1v) is 12.3. The van der Waals surface area contributed by atoms with Gasteiger partial charge in [0.05, 0.1) is 24.8 Å². The fourth-order valence-electron chi connectivity index (χ4n) is 4.59. The highest BCUT2D eigenvalue weighted by Crippen LogP contribution is 2.40. The van der Waals surface area contributed by atoms with Crippen LogP contribution in [0.2, 0.25) is 0 Å². The van der Waals surface area contributed by atoms with Gasteiger partial charge in [0, 0.05) is 49.6 Å². The summed E-state index contributed by atoms with van der Waals surface area (Å²) in [6.07, 6.45) is 2.35. The Morgan fingerprint density at radius 3 is 2.52 bits per heavy atom. The Kier molecular flexibility index (Phi) is 5.97. The van der Waals surface area contributed by atoms with Crippen LogP contribution in [0.4, 0.5) is 0 Å². The van der Waals surface area contributed by atoms with Crippen LogP contribution in [0.3, 0.4) is 0 Å². The van der Waals surface area contributed by atoms with Gasteiger partial charge in [0.25, 0.3) is 5.91 Å². The average Bonchev–Trinajstić information content (AvgIpc) is 3.62. The normalized spacial score (nSPS) is 16.9. The fourth-order valence-corrected chi connectivity index (χ4v) is 5.79. The SMILES string of the molecule is COc1ccc(OC)c(CN2CCN(C(=O)c3sc4nc(C5CC5)nc(C)c4c3C)CC2)c1. The predicted molar refractivity (Wildman–Crippen MR) is 130 cm³/mol. The highest BCUT2D eigenvalue weighted by molar-refractivity contribution is 7.20. The van der Waals surface area contributed by atoms with Crippen molar-refractivity contribution in [3.8, 4) is 11.5 Å². The predicted octanol–water partition coefficient (Wildman–Crippen LogP) is 4.16. The van der Waals surface area contributed by atoms with Gasteiger partial charge in [-0.1, -0.05) is 0 Å². The number of aromatic nitrogens is 2. The second-order valence-electron chi connectivity index (χ2n) is 8.92. The van der Waals surface area contributed by atoms with Crippen molar-refractivity contribution in [3.63, 3.8) is 0 Å². The Morgan fingerprint density at radius 2 is 1.85 bits per heavy atom. The molecule has 1 saturated heterocycles. The molecule has 0 atom stereocenters. The first-order chi connectivity index (χ1) is 16.0. The van der Waals surface area contributed by atoms with Crippen LogP contribution < -0.4 is 9.47 Å². The Morgan fingerprint density at radius 1 is 1.09 bits per heavy atom. The van der Waals surface area contributed by atoms with Crippen LogP contribution in [0.15, 0.2) is 18.2 Å². The molecular formula is C25H30N4O3S. The van der Waals surface area contributed by atoms with E-state index in [1.54, 1.807) is 14.2 Å². The van der Waals surface area contributed by atoms with Gasteiger partial charge in [-0.05, 0) is 50.5 Å². The lowest BCUT2D eigenvalue weighted by Gasteiger charge is -2.35. The number of ether oxygens (including phenoxy) is 2. The average molecular weight is 467 g/mol. The minimum atomic E-state index is 0.112. The molecule has 5 rings (SSSR count). The topological polar surface area (TPSA) is 67.8 Å². The van der Waals surface area contributed by atoms with Gasteiger partial charge in [0.1, 0.15) is 22.2 Å². The summed E-state index contributed by atoms with van der Waals surface area (Å²) in [7, 11) is 3.36. The van der Waals surface area contributed by atoms with E-state index in [0.29, 0.717) is 19.0 Å². The Bertz CT molecular complexity index is 1200. The number of piperazine rings is 1. The molecule has 2 aromatic heterocycles. The third kappa shape index (κ3) is 4.29. The van der Waals surface area contributed by atoms with Crippen molar-refractivity contribution in [1.29, 1.82) is 0 Å². The number of aryl methyl sites for hydroxylation is 2. The van der Waals surface area contributed by atoms with Crippen molar-refractivity contribution in [2.45, 2.75) is 39.2 Å². The van der Waals surface area contributed by atoms with Crippen molar-refractivity contribution in [1.82, 2.24) is 19.8 Å². The monoisotopic (exact) mass is 466 g/mol. The minimum Gasteiger partial charge on any atom is -0.497 e. The molecule has 0 bridgehead atoms. The third-order valence-electron chi connectivity index (χ3n) is 6.67. The molecular weight excluding hydrogens is 436 g/mol. The van der Waals surface area contributed by atoms with Crippen molar-refractivity contribution in [2.75, 3.05) is 40.4 Å². The number of rotatable bonds is 6. The number of methoxy groups -OCH3 is 2. The van der Waals surface area contributed by atoms with E-state index in [4.69, 9.17) is 19.4 Å². The van der Waals surface area contributed by atoms with Crippen molar-refractivity contribution >= 4 is 27.5 Å². The first-order valence-electron chi connectivity index (χ1n) is 11.5. The highest BCUT2D eigenvalue weighted by atomic mass is 32.1. The molecule has 0 radical (unpaired) electrons. The minimum absolute atomic E-state index is 0.112. The van der Waals surface area contributed by atoms with E-state index in [0.717, 1.165) is 68.9 Å². The number of hydrogen-bond acceptors (Lipinski definition) is 7. The maximum Gasteiger partial charge on any atom is 0.264 e. The van der Waals surface area contributed by atoms with Crippen molar-refractivity contribution < 1.29 is 14.3 Å². The first kappa shape index (κ1) is 22.1. The summed E-state index contributed by atoms with van der Waals surface area (Å²) in [5.41, 5.74) is 3.10. The van der Waals surface area contributed by atoms with Gasteiger partial charge in [-0.25, -0.2) is 9.97 Å². The molecule has 0 spiro atoms. The molecule has 3 aromatic rings. The molecule has 1 amide bonds. The fraction of sp³-hybridized carbons (Fsp3) is 0.480. The Balaban J connectivity index is 1.29. The van der Waals surface area contributed by atoms with Gasteiger partial charge in [0.15, 0.2) is 0 Å². The summed E-state index contributed by atoms with van der Waals surface area (Å²) in [5, 5.41) is 1.05. The van der Waals surface area contributed by atoms with E-state index in [9.17, 15) is 4.79 Å². The lowest BCUT2D eigenvalue weighted by molar-refractivity contribution is 0.0631. The molecule has 1 aliphatic heterocycles. The van der Waals surface area contributed by atoms with Gasteiger partial charge >= 0.3 is 0 Å². The number of carbonyl (C=O) groups is 1. The molecule has 33 heavy (non-hydrogen) atoms. The lowest BCUT2D eigenvalue weighted by Crippen LogP contribution is -2.48. The van der Waals surface area contributed by atoms with Crippen molar-refractivity contribution in [2.24, 2.45) is 0 Å². The van der Waals surface area contributed by atoms with E-state index >= 15 is 0 Å². The van der Waals surface area contributed by atoms with Crippen LogP contribution in [0, 0.1) is 13.8 Å². The van der Waals surface area contributed by atoms with E-state index in [1.165, 1.54) is 24.2 Å². The highest BCUT2D eigenvalue weighted by Gasteiger charge is 2.30. The maximum absolute atomic E-state index is 13.4. The summed E-state index contributed by atoms with van der Waals surface area (Å²) < 4.78 is 10.9. The number of amides is 1. The molecule has 7 nitrogen and oxygen atoms in total. The van der Waals surface area contributed by atoms with E-state index in [2.05, 4.69) is 4.90 Å². The second-order valence-corrected chi connectivity index (χ2v) is 9.92. The Labute approximate surface area is 198 Å². The number of benzene rings is 1. The zero-order chi connectivity index (χ0) is 23.1. The molecule has 2 fully saturated rings. The molecule has 8 heteroatoms. The van der Waals surface area contributed by atoms with E-state index in [1.807, 2.05) is 36.9 Å². The van der Waals surface area contributed by atoms with Crippen LogP contribution in [-0.4, -0.2) is 66.1 Å². The van der Waals surface area contributed by atoms with E-state index in [-0.39, 0.29) is 5.91 Å². The molecule has 1 aromatic carbocycles. The number of carbonyl (C=O) groups excluding carboxylic acids is 1. The second kappa shape index (κ2) is 8.91. The van der Waals surface area contributed by atoms with Crippen LogP contribution in [0.1, 0.15) is 51.1 Å². The zero-order valence-corrected chi connectivity index (χ0v) is 20.5. The molecule has 1 saturated carbocycles. The molecule has 174 valence electrons. The summed E-state index contributed by atoms with van der Waals surface area (Å²) in [4.78, 5) is 29.0. The zero-order valence-electron chi connectivity index (χ0n) is 19.7. The van der Waals surface area contributed by atoms with Gasteiger partial charge in [0.2, 0.25) is 0 Å². The molecule has 2 aliphatic rings. The molecule has 0 unspecified atom stereocenters. The number of hydrogen-bond donors (Lipinski definition) is 0. The van der Waals surface area contributed by atoms with Crippen LogP contribution >= 0.6 is 11.3 Å². The number of nitrogens with zero attached hydrogens (tertiary/aromatic N) is 4. The standard InChI is InChI=1S/C25H30N4O3S/c1-15-21-16(2)26-23(17-5-6-17)27-24(21)33-22(15)25(30)29-11-9-28(10-12-29)14-18-13-19(31-3)7-8-20(18)32-4/h7-8,13,17H,5-6,9-12,14H2,1-4H3. The largest absolute Gasteiger partial charge is 0.497 e. The van der Waals surface area contributed by atoms with Gasteiger partial charge in [-0.2, -0.15) is 0 Å². The summed E-state index contributed by atoms with van der Waals surface area (Å²) in [6, 6.07) is 5.87. The van der Waals surface area contributed by atoms with E-state index < -0.39 is 0 Å².